The van der Waals surface area contributed by atoms with Crippen LogP contribution in [0.3, 0.4) is 0 Å². The van der Waals surface area contributed by atoms with Crippen LogP contribution in [-0.4, -0.2) is 53.8 Å². The summed E-state index contributed by atoms with van der Waals surface area (Å²) in [4.78, 5) is 39.6. The van der Waals surface area contributed by atoms with Crippen molar-refractivity contribution in [2.45, 2.75) is 19.1 Å². The molecule has 2 saturated heterocycles. The molecule has 0 aliphatic carbocycles. The molecule has 42 heavy (non-hydrogen) atoms. The third kappa shape index (κ3) is 5.27. The molecule has 2 aliphatic rings. The van der Waals surface area contributed by atoms with E-state index in [2.05, 4.69) is 11.4 Å². The fourth-order valence-corrected chi connectivity index (χ4v) is 5.71. The second-order valence-corrected chi connectivity index (χ2v) is 11.0. The number of rotatable bonds is 7. The lowest BCUT2D eigenvalue weighted by atomic mass is 9.75. The van der Waals surface area contributed by atoms with Crippen molar-refractivity contribution in [3.63, 3.8) is 0 Å². The molecule has 3 heterocycles. The molecule has 2 amide bonds. The van der Waals surface area contributed by atoms with E-state index in [1.807, 2.05) is 66.7 Å². The number of hydrogen-bond donors (Lipinski definition) is 1. The van der Waals surface area contributed by atoms with Gasteiger partial charge in [-0.1, -0.05) is 60.7 Å². The number of nitriles is 1. The monoisotopic (exact) mass is 566 g/mol. The lowest BCUT2D eigenvalue weighted by Crippen LogP contribution is -2.54. The van der Waals surface area contributed by atoms with Gasteiger partial charge in [0.2, 0.25) is 5.91 Å². The predicted octanol–water partition coefficient (Wildman–Crippen LogP) is 3.63. The molecule has 1 N–H and O–H groups in total. The van der Waals surface area contributed by atoms with Gasteiger partial charge in [-0.3, -0.25) is 9.36 Å². The SMILES string of the molecule is Cn1c(=O)oc2ccc(-c3ccc(C[C@H](C#N)NC(=O)C4CN(C(=O)OCc5ccccc5)CC45COC5)cc3)cc21. The highest BCUT2D eigenvalue weighted by Crippen LogP contribution is 2.43. The molecule has 2 atom stereocenters. The highest BCUT2D eigenvalue weighted by Gasteiger charge is 2.56. The number of carbonyl (C=O) groups excluding carboxylic acids is 2. The highest BCUT2D eigenvalue weighted by atomic mass is 16.6. The summed E-state index contributed by atoms with van der Waals surface area (Å²) in [6, 6.07) is 24.2. The van der Waals surface area contributed by atoms with Crippen LogP contribution in [0.25, 0.3) is 22.2 Å². The van der Waals surface area contributed by atoms with E-state index in [-0.39, 0.29) is 19.1 Å². The molecular weight excluding hydrogens is 536 g/mol. The van der Waals surface area contributed by atoms with E-state index in [0.29, 0.717) is 37.3 Å². The lowest BCUT2D eigenvalue weighted by molar-refractivity contribution is -0.151. The molecule has 3 aromatic carbocycles. The fraction of sp³-hybridized carbons (Fsp3) is 0.312. The predicted molar refractivity (Wildman–Crippen MR) is 153 cm³/mol. The quantitative estimate of drug-likeness (QED) is 0.362. The molecule has 1 spiro atoms. The fourth-order valence-electron chi connectivity index (χ4n) is 5.71. The van der Waals surface area contributed by atoms with Crippen molar-refractivity contribution in [3.8, 4) is 17.2 Å². The summed E-state index contributed by atoms with van der Waals surface area (Å²) in [7, 11) is 1.66. The minimum Gasteiger partial charge on any atom is -0.445 e. The zero-order valence-electron chi connectivity index (χ0n) is 23.1. The molecule has 214 valence electrons. The number of fused-ring (bicyclic) bond motifs is 1. The molecule has 4 aromatic rings. The third-order valence-electron chi connectivity index (χ3n) is 8.20. The summed E-state index contributed by atoms with van der Waals surface area (Å²) in [6.07, 6.45) is -0.136. The molecule has 1 unspecified atom stereocenters. The van der Waals surface area contributed by atoms with Crippen LogP contribution in [0.5, 0.6) is 0 Å². The van der Waals surface area contributed by atoms with Crippen LogP contribution in [0.15, 0.2) is 82.0 Å². The number of oxazole rings is 1. The number of ether oxygens (including phenoxy) is 2. The zero-order valence-corrected chi connectivity index (χ0v) is 23.1. The number of likely N-dealkylation sites (tertiary alicyclic amines) is 1. The Bertz CT molecular complexity index is 1720. The van der Waals surface area contributed by atoms with Crippen molar-refractivity contribution < 1.29 is 23.5 Å². The molecule has 0 radical (unpaired) electrons. The molecule has 10 heteroatoms. The van der Waals surface area contributed by atoms with Gasteiger partial charge < -0.3 is 24.1 Å². The van der Waals surface area contributed by atoms with Gasteiger partial charge in [-0.15, -0.1) is 0 Å². The Morgan fingerprint density at radius 2 is 1.81 bits per heavy atom. The maximum atomic E-state index is 13.4. The van der Waals surface area contributed by atoms with Crippen molar-refractivity contribution in [3.05, 3.63) is 94.5 Å². The number of aromatic nitrogens is 1. The van der Waals surface area contributed by atoms with Gasteiger partial charge in [0.25, 0.3) is 0 Å². The number of amides is 2. The minimum atomic E-state index is -0.739. The third-order valence-corrected chi connectivity index (χ3v) is 8.20. The van der Waals surface area contributed by atoms with Crippen molar-refractivity contribution in [1.82, 2.24) is 14.8 Å². The van der Waals surface area contributed by atoms with Crippen LogP contribution in [0.4, 0.5) is 4.79 Å². The zero-order chi connectivity index (χ0) is 29.3. The summed E-state index contributed by atoms with van der Waals surface area (Å²) in [5.41, 5.74) is 4.41. The molecule has 2 fully saturated rings. The summed E-state index contributed by atoms with van der Waals surface area (Å²) in [5.74, 6) is -1.17. The average Bonchev–Trinajstić information content (AvgIpc) is 3.55. The molecule has 0 saturated carbocycles. The Morgan fingerprint density at radius 1 is 1.07 bits per heavy atom. The number of carbonyl (C=O) groups is 2. The van der Waals surface area contributed by atoms with Crippen LogP contribution in [0.1, 0.15) is 11.1 Å². The largest absolute Gasteiger partial charge is 0.445 e. The first-order valence-electron chi connectivity index (χ1n) is 13.8. The number of aryl methyl sites for hydroxylation is 1. The summed E-state index contributed by atoms with van der Waals surface area (Å²) >= 11 is 0. The van der Waals surface area contributed by atoms with Crippen LogP contribution >= 0.6 is 0 Å². The van der Waals surface area contributed by atoms with E-state index in [9.17, 15) is 19.6 Å². The average molecular weight is 567 g/mol. The first kappa shape index (κ1) is 27.3. The normalized spacial score (nSPS) is 17.9. The maximum Gasteiger partial charge on any atom is 0.419 e. The van der Waals surface area contributed by atoms with E-state index in [4.69, 9.17) is 13.9 Å². The van der Waals surface area contributed by atoms with Gasteiger partial charge >= 0.3 is 11.8 Å². The van der Waals surface area contributed by atoms with Crippen molar-refractivity contribution in [2.75, 3.05) is 26.3 Å². The highest BCUT2D eigenvalue weighted by molar-refractivity contribution is 5.83. The topological polar surface area (TPSA) is 127 Å². The minimum absolute atomic E-state index is 0.156. The van der Waals surface area contributed by atoms with Crippen molar-refractivity contribution in [2.24, 2.45) is 18.4 Å². The molecule has 2 aliphatic heterocycles. The molecular formula is C32H30N4O6. The van der Waals surface area contributed by atoms with Gasteiger partial charge in [-0.2, -0.15) is 5.26 Å². The number of benzene rings is 3. The summed E-state index contributed by atoms with van der Waals surface area (Å²) < 4.78 is 17.6. The number of nitrogens with zero attached hydrogens (tertiary/aromatic N) is 3. The van der Waals surface area contributed by atoms with Crippen LogP contribution in [-0.2, 0) is 34.3 Å². The van der Waals surface area contributed by atoms with Gasteiger partial charge in [0.05, 0.1) is 30.7 Å². The standard InChI is InChI=1S/C32H30N4O6/c1-35-27-14-24(11-12-28(27)42-30(35)38)23-9-7-21(8-10-23)13-25(15-33)34-29(37)26-16-36(18-32(26)19-40-20-32)31(39)41-17-22-5-3-2-4-6-22/h2-12,14,25-26H,13,16-20H2,1H3,(H,34,37)/t25-,26?/m1/s1. The van der Waals surface area contributed by atoms with Gasteiger partial charge in [-0.05, 0) is 34.4 Å². The van der Waals surface area contributed by atoms with Crippen LogP contribution in [0, 0.1) is 22.7 Å². The molecule has 10 nitrogen and oxygen atoms in total. The Balaban J connectivity index is 1.08. The van der Waals surface area contributed by atoms with Gasteiger partial charge in [0, 0.05) is 32.0 Å². The van der Waals surface area contributed by atoms with Crippen LogP contribution in [0.2, 0.25) is 0 Å². The Labute approximate surface area is 242 Å². The van der Waals surface area contributed by atoms with E-state index in [1.54, 1.807) is 18.0 Å². The smallest absolute Gasteiger partial charge is 0.419 e. The van der Waals surface area contributed by atoms with E-state index < -0.39 is 29.2 Å². The van der Waals surface area contributed by atoms with Crippen molar-refractivity contribution in [1.29, 1.82) is 5.26 Å². The van der Waals surface area contributed by atoms with E-state index >= 15 is 0 Å². The summed E-state index contributed by atoms with van der Waals surface area (Å²) in [6.45, 7) is 1.50. The lowest BCUT2D eigenvalue weighted by Gasteiger charge is -2.41. The second-order valence-electron chi connectivity index (χ2n) is 11.0. The second kappa shape index (κ2) is 11.2. The molecule has 1 aromatic heterocycles. The Morgan fingerprint density at radius 3 is 2.50 bits per heavy atom. The van der Waals surface area contributed by atoms with Gasteiger partial charge in [0.15, 0.2) is 5.58 Å². The van der Waals surface area contributed by atoms with E-state index in [0.717, 1.165) is 22.3 Å². The van der Waals surface area contributed by atoms with Gasteiger partial charge in [-0.25, -0.2) is 9.59 Å². The summed E-state index contributed by atoms with van der Waals surface area (Å²) in [5, 5.41) is 12.7. The number of hydrogen-bond acceptors (Lipinski definition) is 7. The molecule has 6 rings (SSSR count). The first-order chi connectivity index (χ1) is 20.3. The Hall–Kier alpha value is -4.88. The number of nitrogens with one attached hydrogen (secondary N) is 1. The van der Waals surface area contributed by atoms with Crippen LogP contribution < -0.4 is 11.1 Å². The first-order valence-corrected chi connectivity index (χ1v) is 13.8. The van der Waals surface area contributed by atoms with Gasteiger partial charge in [0.1, 0.15) is 12.6 Å². The van der Waals surface area contributed by atoms with Crippen molar-refractivity contribution >= 4 is 23.1 Å². The Kier molecular flexibility index (Phi) is 7.27. The molecule has 0 bridgehead atoms. The van der Waals surface area contributed by atoms with E-state index in [1.165, 1.54) is 4.57 Å². The maximum absolute atomic E-state index is 13.4.